The number of thiocarbonyl (C=S) groups is 1. The molecule has 2 aromatic rings. The fourth-order valence-corrected chi connectivity index (χ4v) is 2.79. The maximum Gasteiger partial charge on any atom is 0.197 e. The van der Waals surface area contributed by atoms with Crippen LogP contribution in [-0.2, 0) is 0 Å². The second-order valence-corrected chi connectivity index (χ2v) is 5.69. The fourth-order valence-electron chi connectivity index (χ4n) is 2.26. The Balaban J connectivity index is 1.82. The minimum atomic E-state index is -0.0155. The standard InChI is InChI=1S/C13H15ClN6S/c1-9(19-7-3-6-15-13(19)21)12-16-18-20(17-12)11-5-2-4-10(14)8-11/h2,4-5,8-9H,3,6-7H2,1H3,(H,15,21)/t9-/m1/s1. The summed E-state index contributed by atoms with van der Waals surface area (Å²) in [5.74, 6) is 0.640. The van der Waals surface area contributed by atoms with Crippen molar-refractivity contribution in [2.75, 3.05) is 13.1 Å². The lowest BCUT2D eigenvalue weighted by atomic mass is 10.2. The molecule has 0 bridgehead atoms. The SMILES string of the molecule is C[C@H](c1nnn(-c2cccc(Cl)c2)n1)N1CCCNC1=S. The van der Waals surface area contributed by atoms with Gasteiger partial charge in [0.2, 0.25) is 0 Å². The number of benzene rings is 1. The quantitative estimate of drug-likeness (QED) is 0.872. The molecule has 8 heteroatoms. The summed E-state index contributed by atoms with van der Waals surface area (Å²) in [5.41, 5.74) is 0.785. The van der Waals surface area contributed by atoms with Crippen molar-refractivity contribution in [2.45, 2.75) is 19.4 Å². The summed E-state index contributed by atoms with van der Waals surface area (Å²) < 4.78 is 0. The van der Waals surface area contributed by atoms with Crippen LogP contribution in [0.3, 0.4) is 0 Å². The Morgan fingerprint density at radius 1 is 1.43 bits per heavy atom. The third kappa shape index (κ3) is 2.98. The van der Waals surface area contributed by atoms with Gasteiger partial charge in [-0.15, -0.1) is 15.0 Å². The highest BCUT2D eigenvalue weighted by Crippen LogP contribution is 2.19. The molecule has 2 heterocycles. The van der Waals surface area contributed by atoms with Crippen molar-refractivity contribution in [2.24, 2.45) is 0 Å². The lowest BCUT2D eigenvalue weighted by Gasteiger charge is -2.33. The van der Waals surface area contributed by atoms with Gasteiger partial charge in [-0.3, -0.25) is 0 Å². The van der Waals surface area contributed by atoms with E-state index in [0.29, 0.717) is 10.8 Å². The van der Waals surface area contributed by atoms with E-state index >= 15 is 0 Å². The highest BCUT2D eigenvalue weighted by atomic mass is 35.5. The number of hydrogen-bond acceptors (Lipinski definition) is 4. The average Bonchev–Trinajstić information content (AvgIpc) is 2.97. The normalized spacial score (nSPS) is 16.7. The van der Waals surface area contributed by atoms with Crippen LogP contribution in [0.4, 0.5) is 0 Å². The molecule has 1 N–H and O–H groups in total. The minimum Gasteiger partial charge on any atom is -0.362 e. The third-order valence-corrected chi connectivity index (χ3v) is 4.04. The summed E-state index contributed by atoms with van der Waals surface area (Å²) in [6.07, 6.45) is 1.05. The molecule has 21 heavy (non-hydrogen) atoms. The monoisotopic (exact) mass is 322 g/mol. The molecular weight excluding hydrogens is 308 g/mol. The first-order valence-electron chi connectivity index (χ1n) is 6.75. The molecule has 0 amide bonds. The maximum atomic E-state index is 5.98. The van der Waals surface area contributed by atoms with Crippen molar-refractivity contribution in [1.29, 1.82) is 0 Å². The average molecular weight is 323 g/mol. The summed E-state index contributed by atoms with van der Waals surface area (Å²) in [6, 6.07) is 7.33. The Kier molecular flexibility index (Phi) is 4.03. The predicted octanol–water partition coefficient (Wildman–Crippen LogP) is 1.96. The molecule has 0 radical (unpaired) electrons. The van der Waals surface area contributed by atoms with Crippen LogP contribution in [0.1, 0.15) is 25.2 Å². The zero-order chi connectivity index (χ0) is 14.8. The molecule has 0 aliphatic carbocycles. The van der Waals surface area contributed by atoms with Gasteiger partial charge in [0, 0.05) is 18.1 Å². The van der Waals surface area contributed by atoms with Gasteiger partial charge in [0.15, 0.2) is 10.9 Å². The van der Waals surface area contributed by atoms with Crippen LogP contribution in [0.25, 0.3) is 5.69 Å². The van der Waals surface area contributed by atoms with E-state index in [-0.39, 0.29) is 6.04 Å². The van der Waals surface area contributed by atoms with Crippen LogP contribution in [-0.4, -0.2) is 43.3 Å². The van der Waals surface area contributed by atoms with E-state index in [2.05, 4.69) is 25.6 Å². The molecule has 1 aromatic carbocycles. The Hall–Kier alpha value is -1.73. The van der Waals surface area contributed by atoms with Crippen LogP contribution in [0.2, 0.25) is 5.02 Å². The molecular formula is C13H15ClN6S. The van der Waals surface area contributed by atoms with Crippen LogP contribution >= 0.6 is 23.8 Å². The molecule has 110 valence electrons. The predicted molar refractivity (Wildman–Crippen MR) is 84.5 cm³/mol. The van der Waals surface area contributed by atoms with E-state index in [9.17, 15) is 0 Å². The number of tetrazole rings is 1. The van der Waals surface area contributed by atoms with E-state index < -0.39 is 0 Å². The zero-order valence-electron chi connectivity index (χ0n) is 11.5. The Morgan fingerprint density at radius 3 is 3.05 bits per heavy atom. The minimum absolute atomic E-state index is 0.0155. The van der Waals surface area contributed by atoms with Gasteiger partial charge in [-0.25, -0.2) is 0 Å². The molecule has 0 saturated carbocycles. The first kappa shape index (κ1) is 14.2. The van der Waals surface area contributed by atoms with Gasteiger partial charge in [-0.2, -0.15) is 0 Å². The summed E-state index contributed by atoms with van der Waals surface area (Å²) >= 11 is 11.3. The number of hydrogen-bond donors (Lipinski definition) is 1. The molecule has 1 aliphatic heterocycles. The summed E-state index contributed by atoms with van der Waals surface area (Å²) in [6.45, 7) is 3.85. The molecule has 0 spiro atoms. The molecule has 1 aliphatic rings. The highest BCUT2D eigenvalue weighted by molar-refractivity contribution is 7.80. The molecule has 6 nitrogen and oxygen atoms in total. The molecule has 1 saturated heterocycles. The van der Waals surface area contributed by atoms with E-state index in [1.165, 1.54) is 4.80 Å². The van der Waals surface area contributed by atoms with Crippen LogP contribution in [0.5, 0.6) is 0 Å². The second-order valence-electron chi connectivity index (χ2n) is 4.87. The Labute approximate surface area is 133 Å². The van der Waals surface area contributed by atoms with Gasteiger partial charge >= 0.3 is 0 Å². The van der Waals surface area contributed by atoms with Crippen LogP contribution in [0.15, 0.2) is 24.3 Å². The molecule has 1 fully saturated rings. The van der Waals surface area contributed by atoms with Gasteiger partial charge in [0.1, 0.15) is 0 Å². The lowest BCUT2D eigenvalue weighted by Crippen LogP contribution is -2.47. The van der Waals surface area contributed by atoms with Crippen molar-refractivity contribution in [3.8, 4) is 5.69 Å². The number of halogens is 1. The number of rotatable bonds is 3. The van der Waals surface area contributed by atoms with E-state index in [1.807, 2.05) is 25.1 Å². The van der Waals surface area contributed by atoms with Gasteiger partial charge < -0.3 is 10.2 Å². The molecule has 1 aromatic heterocycles. The van der Waals surface area contributed by atoms with Crippen molar-refractivity contribution < 1.29 is 0 Å². The number of nitrogens with one attached hydrogen (secondary N) is 1. The smallest absolute Gasteiger partial charge is 0.197 e. The zero-order valence-corrected chi connectivity index (χ0v) is 13.1. The van der Waals surface area contributed by atoms with Gasteiger partial charge in [0.25, 0.3) is 0 Å². The van der Waals surface area contributed by atoms with E-state index in [4.69, 9.17) is 23.8 Å². The van der Waals surface area contributed by atoms with Crippen molar-refractivity contribution >= 4 is 28.9 Å². The fraction of sp³-hybridized carbons (Fsp3) is 0.385. The van der Waals surface area contributed by atoms with Crippen LogP contribution in [0, 0.1) is 0 Å². The van der Waals surface area contributed by atoms with Gasteiger partial charge in [-0.05, 0) is 49.0 Å². The largest absolute Gasteiger partial charge is 0.362 e. The first-order chi connectivity index (χ1) is 10.1. The Morgan fingerprint density at radius 2 is 2.29 bits per heavy atom. The second kappa shape index (κ2) is 5.95. The van der Waals surface area contributed by atoms with Crippen molar-refractivity contribution in [1.82, 2.24) is 30.4 Å². The molecule has 3 rings (SSSR count). The van der Waals surface area contributed by atoms with Crippen molar-refractivity contribution in [3.05, 3.63) is 35.1 Å². The summed E-state index contributed by atoms with van der Waals surface area (Å²) in [5, 5.41) is 17.2. The van der Waals surface area contributed by atoms with E-state index in [1.54, 1.807) is 6.07 Å². The van der Waals surface area contributed by atoms with Gasteiger partial charge in [0.05, 0.1) is 11.7 Å². The van der Waals surface area contributed by atoms with Gasteiger partial charge in [-0.1, -0.05) is 17.7 Å². The first-order valence-corrected chi connectivity index (χ1v) is 7.54. The Bertz CT molecular complexity index is 658. The summed E-state index contributed by atoms with van der Waals surface area (Å²) in [7, 11) is 0. The molecule has 0 unspecified atom stereocenters. The number of nitrogens with zero attached hydrogens (tertiary/aromatic N) is 5. The summed E-state index contributed by atoms with van der Waals surface area (Å²) in [4.78, 5) is 3.57. The molecule has 1 atom stereocenters. The van der Waals surface area contributed by atoms with Crippen molar-refractivity contribution in [3.63, 3.8) is 0 Å². The van der Waals surface area contributed by atoms with E-state index in [0.717, 1.165) is 30.3 Å². The number of aromatic nitrogens is 4. The lowest BCUT2D eigenvalue weighted by molar-refractivity contribution is 0.296. The van der Waals surface area contributed by atoms with Crippen LogP contribution < -0.4 is 5.32 Å². The maximum absolute atomic E-state index is 5.98. The highest BCUT2D eigenvalue weighted by Gasteiger charge is 2.24. The topological polar surface area (TPSA) is 58.9 Å². The third-order valence-electron chi connectivity index (χ3n) is 3.42.